The zero-order valence-electron chi connectivity index (χ0n) is 20.5. The van der Waals surface area contributed by atoms with E-state index in [0.29, 0.717) is 24.9 Å². The number of amides is 3. The van der Waals surface area contributed by atoms with E-state index >= 15 is 0 Å². The van der Waals surface area contributed by atoms with E-state index < -0.39 is 0 Å². The molecule has 33 heavy (non-hydrogen) atoms. The quantitative estimate of drug-likeness (QED) is 0.440. The molecule has 0 aromatic heterocycles. The molecular formula is C26H45N3O4. The van der Waals surface area contributed by atoms with Crippen molar-refractivity contribution in [1.29, 1.82) is 0 Å². The predicted octanol–water partition coefficient (Wildman–Crippen LogP) is 4.44. The van der Waals surface area contributed by atoms with Crippen LogP contribution in [0.3, 0.4) is 0 Å². The Balaban J connectivity index is 1.31. The third-order valence-corrected chi connectivity index (χ3v) is 7.91. The molecule has 0 bridgehead atoms. The maximum Gasteiger partial charge on any atom is 0.315 e. The second-order valence-corrected chi connectivity index (χ2v) is 10.5. The van der Waals surface area contributed by atoms with Crippen LogP contribution in [0.5, 0.6) is 0 Å². The molecule has 0 heterocycles. The minimum absolute atomic E-state index is 0.0102. The summed E-state index contributed by atoms with van der Waals surface area (Å²) in [5.74, 6) is 1.21. The lowest BCUT2D eigenvalue weighted by Gasteiger charge is -2.33. The van der Waals surface area contributed by atoms with Gasteiger partial charge in [0.05, 0.1) is 6.61 Å². The van der Waals surface area contributed by atoms with Gasteiger partial charge in [-0.1, -0.05) is 25.7 Å². The SMILES string of the molecule is CCOC(=O)CCC1CCC(NC(=O)C2CCCC(NC(=O)NCC3CCCCC3)C2)CC1. The van der Waals surface area contributed by atoms with Gasteiger partial charge >= 0.3 is 12.0 Å². The van der Waals surface area contributed by atoms with Gasteiger partial charge in [0.2, 0.25) is 5.91 Å². The number of nitrogens with one attached hydrogen (secondary N) is 3. The standard InChI is InChI=1S/C26H45N3O4/c1-2-33-24(30)16-13-19-11-14-22(15-12-19)28-25(31)21-9-6-10-23(17-21)29-26(32)27-18-20-7-4-3-5-8-20/h19-23H,2-18H2,1H3,(H,28,31)(H2,27,29,32). The lowest BCUT2D eigenvalue weighted by Crippen LogP contribution is -2.48. The van der Waals surface area contributed by atoms with Gasteiger partial charge in [-0.05, 0) is 83.0 Å². The van der Waals surface area contributed by atoms with Crippen molar-refractivity contribution in [3.63, 3.8) is 0 Å². The number of rotatable bonds is 9. The van der Waals surface area contributed by atoms with Crippen LogP contribution in [-0.4, -0.2) is 43.1 Å². The van der Waals surface area contributed by atoms with Crippen molar-refractivity contribution in [3.05, 3.63) is 0 Å². The van der Waals surface area contributed by atoms with Crippen LogP contribution >= 0.6 is 0 Å². The molecule has 0 aliphatic heterocycles. The molecule has 3 aliphatic carbocycles. The highest BCUT2D eigenvalue weighted by Crippen LogP contribution is 2.30. The molecule has 0 aromatic rings. The second kappa shape index (κ2) is 13.8. The second-order valence-electron chi connectivity index (χ2n) is 10.5. The van der Waals surface area contributed by atoms with E-state index in [1.54, 1.807) is 0 Å². The normalized spacial score (nSPS) is 28.5. The van der Waals surface area contributed by atoms with E-state index in [9.17, 15) is 14.4 Å². The third-order valence-electron chi connectivity index (χ3n) is 7.91. The minimum atomic E-state index is -0.101. The summed E-state index contributed by atoms with van der Waals surface area (Å²) < 4.78 is 5.02. The first kappa shape index (κ1) is 25.8. The summed E-state index contributed by atoms with van der Waals surface area (Å²) >= 11 is 0. The van der Waals surface area contributed by atoms with E-state index in [1.165, 1.54) is 32.1 Å². The van der Waals surface area contributed by atoms with E-state index in [2.05, 4.69) is 16.0 Å². The topological polar surface area (TPSA) is 96.5 Å². The van der Waals surface area contributed by atoms with Crippen molar-refractivity contribution in [2.75, 3.05) is 13.2 Å². The van der Waals surface area contributed by atoms with Gasteiger partial charge in [-0.2, -0.15) is 0 Å². The van der Waals surface area contributed by atoms with Crippen molar-refractivity contribution in [2.45, 2.75) is 115 Å². The zero-order chi connectivity index (χ0) is 23.5. The predicted molar refractivity (Wildman–Crippen MR) is 129 cm³/mol. The van der Waals surface area contributed by atoms with Crippen molar-refractivity contribution >= 4 is 17.9 Å². The van der Waals surface area contributed by atoms with E-state index in [1.807, 2.05) is 6.92 Å². The summed E-state index contributed by atoms with van der Waals surface area (Å²) in [5, 5.41) is 9.45. The van der Waals surface area contributed by atoms with Crippen molar-refractivity contribution in [2.24, 2.45) is 17.8 Å². The molecule has 188 valence electrons. The fourth-order valence-electron chi connectivity index (χ4n) is 5.89. The van der Waals surface area contributed by atoms with Crippen LogP contribution in [0, 0.1) is 17.8 Å². The number of carbonyl (C=O) groups is 3. The lowest BCUT2D eigenvalue weighted by atomic mass is 9.82. The Morgan fingerprint density at radius 1 is 0.788 bits per heavy atom. The fraction of sp³-hybridized carbons (Fsp3) is 0.885. The van der Waals surface area contributed by atoms with Gasteiger partial charge in [0, 0.05) is 31.0 Å². The molecule has 3 rings (SSSR count). The van der Waals surface area contributed by atoms with Crippen LogP contribution < -0.4 is 16.0 Å². The van der Waals surface area contributed by atoms with Gasteiger partial charge < -0.3 is 20.7 Å². The summed E-state index contributed by atoms with van der Waals surface area (Å²) in [5.41, 5.74) is 0. The molecule has 0 radical (unpaired) electrons. The van der Waals surface area contributed by atoms with Gasteiger partial charge in [0.15, 0.2) is 0 Å². The molecule has 3 aliphatic rings. The molecule has 0 spiro atoms. The fourth-order valence-corrected chi connectivity index (χ4v) is 5.89. The molecular weight excluding hydrogens is 418 g/mol. The number of urea groups is 1. The van der Waals surface area contributed by atoms with Crippen molar-refractivity contribution in [1.82, 2.24) is 16.0 Å². The Hall–Kier alpha value is -1.79. The largest absolute Gasteiger partial charge is 0.466 e. The average Bonchev–Trinajstić information content (AvgIpc) is 2.83. The molecule has 3 fully saturated rings. The van der Waals surface area contributed by atoms with Crippen LogP contribution in [0.2, 0.25) is 0 Å². The van der Waals surface area contributed by atoms with Crippen molar-refractivity contribution in [3.8, 4) is 0 Å². The molecule has 3 N–H and O–H groups in total. The van der Waals surface area contributed by atoms with Gasteiger partial charge in [0.25, 0.3) is 0 Å². The molecule has 3 amide bonds. The molecule has 0 aromatic carbocycles. The smallest absolute Gasteiger partial charge is 0.315 e. The van der Waals surface area contributed by atoms with Crippen LogP contribution in [-0.2, 0) is 14.3 Å². The average molecular weight is 464 g/mol. The highest BCUT2D eigenvalue weighted by Gasteiger charge is 2.30. The lowest BCUT2D eigenvalue weighted by molar-refractivity contribution is -0.143. The van der Waals surface area contributed by atoms with Crippen LogP contribution in [0.4, 0.5) is 4.79 Å². The number of hydrogen-bond acceptors (Lipinski definition) is 4. The Labute approximate surface area is 199 Å². The van der Waals surface area contributed by atoms with Gasteiger partial charge in [-0.15, -0.1) is 0 Å². The number of esters is 1. The first-order chi connectivity index (χ1) is 16.0. The molecule has 2 unspecified atom stereocenters. The van der Waals surface area contributed by atoms with Crippen molar-refractivity contribution < 1.29 is 19.1 Å². The van der Waals surface area contributed by atoms with E-state index in [-0.39, 0.29) is 35.9 Å². The van der Waals surface area contributed by atoms with E-state index in [4.69, 9.17) is 4.74 Å². The number of carbonyl (C=O) groups excluding carboxylic acids is 3. The summed E-state index contributed by atoms with van der Waals surface area (Å²) in [6.45, 7) is 3.05. The molecule has 3 saturated carbocycles. The maximum atomic E-state index is 12.9. The molecule has 7 nitrogen and oxygen atoms in total. The summed E-state index contributed by atoms with van der Waals surface area (Å²) in [6, 6.07) is 0.246. The first-order valence-electron chi connectivity index (χ1n) is 13.5. The summed E-state index contributed by atoms with van der Waals surface area (Å²) in [6.07, 6.45) is 15.4. The monoisotopic (exact) mass is 463 g/mol. The van der Waals surface area contributed by atoms with Crippen LogP contribution in [0.15, 0.2) is 0 Å². The zero-order valence-corrected chi connectivity index (χ0v) is 20.5. The van der Waals surface area contributed by atoms with E-state index in [0.717, 1.165) is 64.3 Å². The maximum absolute atomic E-state index is 12.9. The number of ether oxygens (including phenoxy) is 1. The Morgan fingerprint density at radius 2 is 1.55 bits per heavy atom. The Kier molecular flexibility index (Phi) is 10.8. The third kappa shape index (κ3) is 9.17. The van der Waals surface area contributed by atoms with Crippen LogP contribution in [0.25, 0.3) is 0 Å². The minimum Gasteiger partial charge on any atom is -0.466 e. The Morgan fingerprint density at radius 3 is 2.27 bits per heavy atom. The van der Waals surface area contributed by atoms with Gasteiger partial charge in [0.1, 0.15) is 0 Å². The molecule has 0 saturated heterocycles. The van der Waals surface area contributed by atoms with Gasteiger partial charge in [-0.3, -0.25) is 9.59 Å². The Bertz CT molecular complexity index is 627. The molecule has 7 heteroatoms. The summed E-state index contributed by atoms with van der Waals surface area (Å²) in [4.78, 5) is 36.8. The highest BCUT2D eigenvalue weighted by atomic mass is 16.5. The van der Waals surface area contributed by atoms with Crippen LogP contribution in [0.1, 0.15) is 103 Å². The first-order valence-corrected chi connectivity index (χ1v) is 13.5. The van der Waals surface area contributed by atoms with Gasteiger partial charge in [-0.25, -0.2) is 4.79 Å². The summed E-state index contributed by atoms with van der Waals surface area (Å²) in [7, 11) is 0. The highest BCUT2D eigenvalue weighted by molar-refractivity contribution is 5.79. The molecule has 2 atom stereocenters. The number of hydrogen-bond donors (Lipinski definition) is 3.